The molecule has 1 amide bonds. The van der Waals surface area contributed by atoms with Crippen molar-refractivity contribution in [2.45, 2.75) is 33.7 Å². The third kappa shape index (κ3) is 7.14. The van der Waals surface area contributed by atoms with Gasteiger partial charge in [0.1, 0.15) is 5.75 Å². The molecule has 1 aromatic rings. The number of amides is 1. The molecule has 0 radical (unpaired) electrons. The van der Waals surface area contributed by atoms with E-state index in [2.05, 4.69) is 31.4 Å². The second-order valence-corrected chi connectivity index (χ2v) is 5.25. The van der Waals surface area contributed by atoms with Gasteiger partial charge in [-0.05, 0) is 36.6 Å². The first-order valence-electron chi connectivity index (χ1n) is 7.31. The SMILES string of the molecule is CCNCc1cccc(OCC(=O)NCCC(C)C)c1. The summed E-state index contributed by atoms with van der Waals surface area (Å²) in [7, 11) is 0. The van der Waals surface area contributed by atoms with Crippen LogP contribution in [-0.2, 0) is 11.3 Å². The van der Waals surface area contributed by atoms with Crippen molar-refractivity contribution in [3.8, 4) is 5.75 Å². The van der Waals surface area contributed by atoms with Gasteiger partial charge >= 0.3 is 0 Å². The highest BCUT2D eigenvalue weighted by Gasteiger charge is 2.03. The van der Waals surface area contributed by atoms with Crippen molar-refractivity contribution in [3.05, 3.63) is 29.8 Å². The van der Waals surface area contributed by atoms with E-state index in [0.29, 0.717) is 12.5 Å². The summed E-state index contributed by atoms with van der Waals surface area (Å²) in [5, 5.41) is 6.12. The van der Waals surface area contributed by atoms with Crippen molar-refractivity contribution in [1.29, 1.82) is 0 Å². The molecule has 0 atom stereocenters. The average Bonchev–Trinajstić information content (AvgIpc) is 2.43. The minimum absolute atomic E-state index is 0.0669. The molecule has 0 spiro atoms. The topological polar surface area (TPSA) is 50.4 Å². The Bertz CT molecular complexity index is 405. The fraction of sp³-hybridized carbons (Fsp3) is 0.562. The van der Waals surface area contributed by atoms with Crippen LogP contribution in [0.3, 0.4) is 0 Å². The highest BCUT2D eigenvalue weighted by Crippen LogP contribution is 2.13. The van der Waals surface area contributed by atoms with Gasteiger partial charge < -0.3 is 15.4 Å². The van der Waals surface area contributed by atoms with Crippen LogP contribution in [0.2, 0.25) is 0 Å². The number of nitrogens with one attached hydrogen (secondary N) is 2. The summed E-state index contributed by atoms with van der Waals surface area (Å²) in [6, 6.07) is 7.82. The van der Waals surface area contributed by atoms with E-state index in [-0.39, 0.29) is 12.5 Å². The average molecular weight is 278 g/mol. The summed E-state index contributed by atoms with van der Waals surface area (Å²) in [5.41, 5.74) is 1.16. The van der Waals surface area contributed by atoms with Crippen LogP contribution in [-0.4, -0.2) is 25.6 Å². The number of hydrogen-bond acceptors (Lipinski definition) is 3. The van der Waals surface area contributed by atoms with E-state index in [1.807, 2.05) is 24.3 Å². The number of ether oxygens (including phenoxy) is 1. The molecule has 0 bridgehead atoms. The standard InChI is InChI=1S/C16H26N2O2/c1-4-17-11-14-6-5-7-15(10-14)20-12-16(19)18-9-8-13(2)3/h5-7,10,13,17H,4,8-9,11-12H2,1-3H3,(H,18,19). The molecule has 0 aliphatic carbocycles. The molecule has 4 nitrogen and oxygen atoms in total. The summed E-state index contributed by atoms with van der Waals surface area (Å²) >= 11 is 0. The quantitative estimate of drug-likeness (QED) is 0.729. The van der Waals surface area contributed by atoms with Gasteiger partial charge in [0.05, 0.1) is 0 Å². The lowest BCUT2D eigenvalue weighted by molar-refractivity contribution is -0.123. The summed E-state index contributed by atoms with van der Waals surface area (Å²) in [4.78, 5) is 11.6. The Morgan fingerprint density at radius 1 is 1.35 bits per heavy atom. The fourth-order valence-corrected chi connectivity index (χ4v) is 1.71. The molecule has 0 saturated carbocycles. The predicted octanol–water partition coefficient (Wildman–Crippen LogP) is 2.34. The molecule has 0 aromatic heterocycles. The van der Waals surface area contributed by atoms with Crippen LogP contribution in [0.4, 0.5) is 0 Å². The lowest BCUT2D eigenvalue weighted by Crippen LogP contribution is -2.30. The number of benzene rings is 1. The Kier molecular flexibility index (Phi) is 7.73. The second-order valence-electron chi connectivity index (χ2n) is 5.25. The minimum atomic E-state index is -0.0669. The molecule has 1 rings (SSSR count). The third-order valence-electron chi connectivity index (χ3n) is 2.89. The molecular weight excluding hydrogens is 252 g/mol. The molecule has 2 N–H and O–H groups in total. The largest absolute Gasteiger partial charge is 0.484 e. The monoisotopic (exact) mass is 278 g/mol. The Morgan fingerprint density at radius 3 is 2.85 bits per heavy atom. The van der Waals surface area contributed by atoms with E-state index < -0.39 is 0 Å². The summed E-state index contributed by atoms with van der Waals surface area (Å²) < 4.78 is 5.51. The number of carbonyl (C=O) groups is 1. The van der Waals surface area contributed by atoms with Crippen molar-refractivity contribution >= 4 is 5.91 Å². The van der Waals surface area contributed by atoms with Gasteiger partial charge in [-0.3, -0.25) is 4.79 Å². The van der Waals surface area contributed by atoms with Gasteiger partial charge in [-0.2, -0.15) is 0 Å². The van der Waals surface area contributed by atoms with Crippen LogP contribution in [0.1, 0.15) is 32.8 Å². The first kappa shape index (κ1) is 16.5. The lowest BCUT2D eigenvalue weighted by Gasteiger charge is -2.10. The molecule has 1 aromatic carbocycles. The zero-order chi connectivity index (χ0) is 14.8. The van der Waals surface area contributed by atoms with E-state index in [9.17, 15) is 4.79 Å². The van der Waals surface area contributed by atoms with E-state index in [4.69, 9.17) is 4.74 Å². The Balaban J connectivity index is 2.31. The maximum atomic E-state index is 11.6. The van der Waals surface area contributed by atoms with E-state index in [1.165, 1.54) is 0 Å². The molecule has 0 aliphatic rings. The van der Waals surface area contributed by atoms with Gasteiger partial charge in [0.2, 0.25) is 0 Å². The highest BCUT2D eigenvalue weighted by atomic mass is 16.5. The normalized spacial score (nSPS) is 10.6. The van der Waals surface area contributed by atoms with Crippen molar-refractivity contribution in [3.63, 3.8) is 0 Å². The summed E-state index contributed by atoms with van der Waals surface area (Å²) in [5.74, 6) is 1.26. The van der Waals surface area contributed by atoms with Gasteiger partial charge in [-0.1, -0.05) is 32.9 Å². The van der Waals surface area contributed by atoms with Crippen molar-refractivity contribution in [2.75, 3.05) is 19.7 Å². The molecule has 0 aliphatic heterocycles. The Morgan fingerprint density at radius 2 is 2.15 bits per heavy atom. The van der Waals surface area contributed by atoms with Crippen LogP contribution in [0.15, 0.2) is 24.3 Å². The van der Waals surface area contributed by atoms with Gasteiger partial charge in [-0.25, -0.2) is 0 Å². The maximum Gasteiger partial charge on any atom is 0.257 e. The second kappa shape index (κ2) is 9.37. The fourth-order valence-electron chi connectivity index (χ4n) is 1.71. The van der Waals surface area contributed by atoms with Gasteiger partial charge in [0.15, 0.2) is 6.61 Å². The maximum absolute atomic E-state index is 11.6. The van der Waals surface area contributed by atoms with Crippen molar-refractivity contribution in [2.24, 2.45) is 5.92 Å². The van der Waals surface area contributed by atoms with Crippen LogP contribution in [0, 0.1) is 5.92 Å². The molecule has 0 fully saturated rings. The third-order valence-corrected chi connectivity index (χ3v) is 2.89. The van der Waals surface area contributed by atoms with Crippen LogP contribution < -0.4 is 15.4 Å². The minimum Gasteiger partial charge on any atom is -0.484 e. The van der Waals surface area contributed by atoms with Crippen molar-refractivity contribution < 1.29 is 9.53 Å². The van der Waals surface area contributed by atoms with E-state index in [0.717, 1.165) is 30.8 Å². The Labute approximate surface area is 121 Å². The zero-order valence-corrected chi connectivity index (χ0v) is 12.7. The Hall–Kier alpha value is -1.55. The number of hydrogen-bond donors (Lipinski definition) is 2. The van der Waals surface area contributed by atoms with Crippen LogP contribution >= 0.6 is 0 Å². The summed E-state index contributed by atoms with van der Waals surface area (Å²) in [6.07, 6.45) is 0.990. The number of rotatable bonds is 9. The predicted molar refractivity (Wildman–Crippen MR) is 81.8 cm³/mol. The lowest BCUT2D eigenvalue weighted by atomic mass is 10.1. The van der Waals surface area contributed by atoms with Gasteiger partial charge in [0.25, 0.3) is 5.91 Å². The molecule has 20 heavy (non-hydrogen) atoms. The molecule has 0 unspecified atom stereocenters. The zero-order valence-electron chi connectivity index (χ0n) is 12.7. The van der Waals surface area contributed by atoms with Crippen molar-refractivity contribution in [1.82, 2.24) is 10.6 Å². The van der Waals surface area contributed by atoms with Crippen LogP contribution in [0.5, 0.6) is 5.75 Å². The van der Waals surface area contributed by atoms with Gasteiger partial charge in [-0.15, -0.1) is 0 Å². The highest BCUT2D eigenvalue weighted by molar-refractivity contribution is 5.77. The molecule has 0 saturated heterocycles. The molecular formula is C16H26N2O2. The smallest absolute Gasteiger partial charge is 0.257 e. The molecule has 112 valence electrons. The molecule has 4 heteroatoms. The first-order chi connectivity index (χ1) is 9.61. The summed E-state index contributed by atoms with van der Waals surface area (Å²) in [6.45, 7) is 8.87. The van der Waals surface area contributed by atoms with Crippen LogP contribution in [0.25, 0.3) is 0 Å². The number of carbonyl (C=O) groups excluding carboxylic acids is 1. The molecule has 0 heterocycles. The first-order valence-corrected chi connectivity index (χ1v) is 7.31. The van der Waals surface area contributed by atoms with E-state index >= 15 is 0 Å². The van der Waals surface area contributed by atoms with Gasteiger partial charge in [0, 0.05) is 13.1 Å². The van der Waals surface area contributed by atoms with E-state index in [1.54, 1.807) is 0 Å².